The number of likely N-dealkylation sites (N-methyl/N-ethyl adjacent to an activating group) is 1. The molecule has 2 amide bonds. The Morgan fingerprint density at radius 3 is 2.48 bits per heavy atom. The van der Waals surface area contributed by atoms with Gasteiger partial charge >= 0.3 is 0 Å². The first-order valence-electron chi connectivity index (χ1n) is 8.33. The van der Waals surface area contributed by atoms with Crippen LogP contribution in [0.3, 0.4) is 0 Å². The topological polar surface area (TPSA) is 66.4 Å². The SMILES string of the molecule is Cc1ccc(C(=O)N2CCC[C@@]2(C(=O)N(C)C)c2cnccn2)cc1. The molecule has 0 aliphatic carbocycles. The average Bonchev–Trinajstić information content (AvgIpc) is 3.07. The molecule has 0 radical (unpaired) electrons. The Labute approximate surface area is 147 Å². The Bertz CT molecular complexity index is 774. The van der Waals surface area contributed by atoms with Gasteiger partial charge in [0.25, 0.3) is 11.8 Å². The summed E-state index contributed by atoms with van der Waals surface area (Å²) >= 11 is 0. The molecule has 1 saturated heterocycles. The van der Waals surface area contributed by atoms with Crippen LogP contribution in [0.1, 0.15) is 34.5 Å². The highest BCUT2D eigenvalue weighted by atomic mass is 16.2. The maximum atomic E-state index is 13.2. The van der Waals surface area contributed by atoms with Crippen molar-refractivity contribution in [3.63, 3.8) is 0 Å². The molecule has 1 aromatic carbocycles. The molecule has 3 rings (SSSR count). The van der Waals surface area contributed by atoms with Crippen molar-refractivity contribution in [2.45, 2.75) is 25.3 Å². The fraction of sp³-hybridized carbons (Fsp3) is 0.368. The molecule has 1 fully saturated rings. The Balaban J connectivity index is 2.09. The van der Waals surface area contributed by atoms with E-state index in [0.29, 0.717) is 24.2 Å². The number of hydrogen-bond acceptors (Lipinski definition) is 4. The minimum absolute atomic E-state index is 0.147. The molecule has 130 valence electrons. The van der Waals surface area contributed by atoms with Gasteiger partial charge in [0, 0.05) is 38.6 Å². The molecule has 1 aliphatic rings. The second kappa shape index (κ2) is 6.63. The molecule has 1 atom stereocenters. The van der Waals surface area contributed by atoms with E-state index in [1.165, 1.54) is 4.90 Å². The minimum Gasteiger partial charge on any atom is -0.346 e. The molecule has 2 aromatic rings. The second-order valence-electron chi connectivity index (χ2n) is 6.58. The van der Waals surface area contributed by atoms with Gasteiger partial charge in [-0.05, 0) is 31.9 Å². The Kier molecular flexibility index (Phi) is 4.53. The predicted molar refractivity (Wildman–Crippen MR) is 93.9 cm³/mol. The highest BCUT2D eigenvalue weighted by Gasteiger charge is 2.53. The fourth-order valence-electron chi connectivity index (χ4n) is 3.43. The maximum Gasteiger partial charge on any atom is 0.255 e. The standard InChI is InChI=1S/C19H22N4O2/c1-14-5-7-15(8-6-14)17(24)23-12-4-9-19(23,18(25)22(2)3)16-13-20-10-11-21-16/h5-8,10-11,13H,4,9,12H2,1-3H3/t19-/m0/s1. The van der Waals surface area contributed by atoms with Crippen molar-refractivity contribution in [3.05, 3.63) is 59.7 Å². The number of nitrogens with zero attached hydrogens (tertiary/aromatic N) is 4. The second-order valence-corrected chi connectivity index (χ2v) is 6.58. The van der Waals surface area contributed by atoms with Gasteiger partial charge < -0.3 is 9.80 Å². The van der Waals surface area contributed by atoms with Crippen LogP contribution in [0.5, 0.6) is 0 Å². The van der Waals surface area contributed by atoms with Gasteiger partial charge in [0.05, 0.1) is 11.9 Å². The van der Waals surface area contributed by atoms with Gasteiger partial charge in [0.2, 0.25) is 0 Å². The van der Waals surface area contributed by atoms with Crippen molar-refractivity contribution in [1.29, 1.82) is 0 Å². The highest BCUT2D eigenvalue weighted by molar-refractivity contribution is 6.00. The van der Waals surface area contributed by atoms with Crippen LogP contribution in [0, 0.1) is 6.92 Å². The number of hydrogen-bond donors (Lipinski definition) is 0. The third-order valence-corrected chi connectivity index (χ3v) is 4.67. The van der Waals surface area contributed by atoms with Crippen molar-refractivity contribution >= 4 is 11.8 Å². The van der Waals surface area contributed by atoms with Gasteiger partial charge in [-0.15, -0.1) is 0 Å². The van der Waals surface area contributed by atoms with Crippen LogP contribution < -0.4 is 0 Å². The van der Waals surface area contributed by atoms with E-state index in [9.17, 15) is 9.59 Å². The Hall–Kier alpha value is -2.76. The Morgan fingerprint density at radius 1 is 1.16 bits per heavy atom. The van der Waals surface area contributed by atoms with Gasteiger partial charge in [0.1, 0.15) is 0 Å². The molecule has 1 aromatic heterocycles. The number of rotatable bonds is 3. The number of amides is 2. The number of carbonyl (C=O) groups excluding carboxylic acids is 2. The third-order valence-electron chi connectivity index (χ3n) is 4.67. The summed E-state index contributed by atoms with van der Waals surface area (Å²) < 4.78 is 0. The van der Waals surface area contributed by atoms with Gasteiger partial charge in [-0.3, -0.25) is 19.6 Å². The predicted octanol–water partition coefficient (Wildman–Crippen LogP) is 2.00. The van der Waals surface area contributed by atoms with Crippen molar-refractivity contribution in [2.75, 3.05) is 20.6 Å². The van der Waals surface area contributed by atoms with Crippen LogP contribution in [0.2, 0.25) is 0 Å². The molecular weight excluding hydrogens is 316 g/mol. The summed E-state index contributed by atoms with van der Waals surface area (Å²) in [5, 5.41) is 0. The van der Waals surface area contributed by atoms with E-state index in [-0.39, 0.29) is 11.8 Å². The van der Waals surface area contributed by atoms with Crippen LogP contribution in [-0.4, -0.2) is 52.2 Å². The summed E-state index contributed by atoms with van der Waals surface area (Å²) in [4.78, 5) is 38.0. The van der Waals surface area contributed by atoms with E-state index in [4.69, 9.17) is 0 Å². The first-order valence-corrected chi connectivity index (χ1v) is 8.33. The first kappa shape index (κ1) is 17.1. The monoisotopic (exact) mass is 338 g/mol. The molecule has 2 heterocycles. The Morgan fingerprint density at radius 2 is 1.88 bits per heavy atom. The van der Waals surface area contributed by atoms with E-state index in [1.807, 2.05) is 19.1 Å². The maximum absolute atomic E-state index is 13.2. The summed E-state index contributed by atoms with van der Waals surface area (Å²) in [6.07, 6.45) is 6.00. The molecule has 0 spiro atoms. The van der Waals surface area contributed by atoms with E-state index in [1.54, 1.807) is 49.7 Å². The molecule has 25 heavy (non-hydrogen) atoms. The molecule has 6 nitrogen and oxygen atoms in total. The van der Waals surface area contributed by atoms with Crippen molar-refractivity contribution in [2.24, 2.45) is 0 Å². The largest absolute Gasteiger partial charge is 0.346 e. The lowest BCUT2D eigenvalue weighted by Crippen LogP contribution is -2.55. The third kappa shape index (κ3) is 2.88. The average molecular weight is 338 g/mol. The number of carbonyl (C=O) groups is 2. The van der Waals surface area contributed by atoms with Crippen LogP contribution in [0.25, 0.3) is 0 Å². The summed E-state index contributed by atoms with van der Waals surface area (Å²) in [5.41, 5.74) is 1.08. The van der Waals surface area contributed by atoms with E-state index in [0.717, 1.165) is 12.0 Å². The zero-order chi connectivity index (χ0) is 18.0. The van der Waals surface area contributed by atoms with Gasteiger partial charge in [-0.2, -0.15) is 0 Å². The molecular formula is C19H22N4O2. The van der Waals surface area contributed by atoms with E-state index >= 15 is 0 Å². The lowest BCUT2D eigenvalue weighted by Gasteiger charge is -2.38. The zero-order valence-electron chi connectivity index (χ0n) is 14.8. The molecule has 6 heteroatoms. The van der Waals surface area contributed by atoms with Crippen LogP contribution in [0.4, 0.5) is 0 Å². The summed E-state index contributed by atoms with van der Waals surface area (Å²) in [5.74, 6) is -0.302. The minimum atomic E-state index is -1.10. The lowest BCUT2D eigenvalue weighted by molar-refractivity contribution is -0.140. The highest BCUT2D eigenvalue weighted by Crippen LogP contribution is 2.40. The van der Waals surface area contributed by atoms with Gasteiger partial charge in [-0.1, -0.05) is 17.7 Å². The van der Waals surface area contributed by atoms with Crippen molar-refractivity contribution in [1.82, 2.24) is 19.8 Å². The number of aromatic nitrogens is 2. The molecule has 0 N–H and O–H groups in total. The van der Waals surface area contributed by atoms with Crippen molar-refractivity contribution in [3.8, 4) is 0 Å². The molecule has 0 unspecified atom stereocenters. The molecule has 1 aliphatic heterocycles. The summed E-state index contributed by atoms with van der Waals surface area (Å²) in [7, 11) is 3.40. The smallest absolute Gasteiger partial charge is 0.255 e. The lowest BCUT2D eigenvalue weighted by atomic mass is 9.89. The van der Waals surface area contributed by atoms with Crippen LogP contribution in [0.15, 0.2) is 42.9 Å². The van der Waals surface area contributed by atoms with Gasteiger partial charge in [0.15, 0.2) is 5.54 Å². The normalized spacial score (nSPS) is 19.7. The quantitative estimate of drug-likeness (QED) is 0.858. The van der Waals surface area contributed by atoms with Crippen LogP contribution >= 0.6 is 0 Å². The summed E-state index contributed by atoms with van der Waals surface area (Å²) in [6.45, 7) is 2.49. The van der Waals surface area contributed by atoms with E-state index < -0.39 is 5.54 Å². The van der Waals surface area contributed by atoms with Crippen LogP contribution in [-0.2, 0) is 10.3 Å². The zero-order valence-corrected chi connectivity index (χ0v) is 14.8. The van der Waals surface area contributed by atoms with Gasteiger partial charge in [-0.25, -0.2) is 0 Å². The summed E-state index contributed by atoms with van der Waals surface area (Å²) in [6, 6.07) is 7.41. The number of aryl methyl sites for hydroxylation is 1. The molecule has 0 bridgehead atoms. The van der Waals surface area contributed by atoms with E-state index in [2.05, 4.69) is 9.97 Å². The number of likely N-dealkylation sites (tertiary alicyclic amines) is 1. The fourth-order valence-corrected chi connectivity index (χ4v) is 3.43. The van der Waals surface area contributed by atoms with Crippen molar-refractivity contribution < 1.29 is 9.59 Å². The molecule has 0 saturated carbocycles. The first-order chi connectivity index (χ1) is 12.0. The number of benzene rings is 1.